The number of rotatable bonds is 5. The first kappa shape index (κ1) is 20.1. The van der Waals surface area contributed by atoms with Crippen LogP contribution in [0.1, 0.15) is 16.1 Å². The minimum absolute atomic E-state index is 0.163. The number of carbonyl (C=O) groups excluding carboxylic acids is 2. The molecule has 0 fully saturated rings. The van der Waals surface area contributed by atoms with Crippen LogP contribution in [0.4, 0.5) is 18.9 Å². The Morgan fingerprint density at radius 1 is 1.00 bits per heavy atom. The van der Waals surface area contributed by atoms with E-state index in [0.717, 1.165) is 6.07 Å². The van der Waals surface area contributed by atoms with E-state index >= 15 is 0 Å². The highest BCUT2D eigenvalue weighted by molar-refractivity contribution is 6.03. The molecular formula is C20H15F3N2O4. The molecule has 0 aliphatic heterocycles. The number of benzene rings is 2. The third-order valence-corrected chi connectivity index (χ3v) is 3.92. The Bertz CT molecular complexity index is 1110. The predicted octanol–water partition coefficient (Wildman–Crippen LogP) is 3.27. The summed E-state index contributed by atoms with van der Waals surface area (Å²) in [6, 6.07) is 13.6. The van der Waals surface area contributed by atoms with Crippen LogP contribution < -0.4 is 16.1 Å². The van der Waals surface area contributed by atoms with Gasteiger partial charge in [-0.15, -0.1) is 0 Å². The topological polar surface area (TPSA) is 88.4 Å². The van der Waals surface area contributed by atoms with Crippen LogP contribution in [0, 0.1) is 0 Å². The number of halogens is 3. The van der Waals surface area contributed by atoms with Gasteiger partial charge in [-0.05, 0) is 29.8 Å². The number of para-hydroxylation sites is 1. The van der Waals surface area contributed by atoms with E-state index in [0.29, 0.717) is 16.6 Å². The van der Waals surface area contributed by atoms with Crippen LogP contribution in [-0.2, 0) is 11.2 Å². The molecule has 29 heavy (non-hydrogen) atoms. The second kappa shape index (κ2) is 8.17. The largest absolute Gasteiger partial charge is 0.451 e. The molecule has 2 aromatic carbocycles. The Morgan fingerprint density at radius 3 is 2.38 bits per heavy atom. The summed E-state index contributed by atoms with van der Waals surface area (Å²) in [6.07, 6.45) is -4.70. The Balaban J connectivity index is 1.64. The van der Waals surface area contributed by atoms with E-state index in [1.165, 1.54) is 24.3 Å². The van der Waals surface area contributed by atoms with Gasteiger partial charge in [0.1, 0.15) is 12.1 Å². The Morgan fingerprint density at radius 2 is 1.69 bits per heavy atom. The average Bonchev–Trinajstić information content (AvgIpc) is 2.67. The molecule has 9 heteroatoms. The van der Waals surface area contributed by atoms with Crippen molar-refractivity contribution in [3.8, 4) is 0 Å². The van der Waals surface area contributed by atoms with E-state index in [9.17, 15) is 27.6 Å². The van der Waals surface area contributed by atoms with Gasteiger partial charge in [-0.1, -0.05) is 24.3 Å². The average molecular weight is 404 g/mol. The van der Waals surface area contributed by atoms with Crippen molar-refractivity contribution < 1.29 is 27.2 Å². The third-order valence-electron chi connectivity index (χ3n) is 3.92. The lowest BCUT2D eigenvalue weighted by Crippen LogP contribution is -2.34. The molecule has 2 amide bonds. The highest BCUT2D eigenvalue weighted by atomic mass is 19.4. The summed E-state index contributed by atoms with van der Waals surface area (Å²) in [7, 11) is 0. The highest BCUT2D eigenvalue weighted by Gasteiger charge is 2.27. The molecule has 0 bridgehead atoms. The molecule has 150 valence electrons. The number of amides is 2. The van der Waals surface area contributed by atoms with Gasteiger partial charge < -0.3 is 15.1 Å². The van der Waals surface area contributed by atoms with Gasteiger partial charge in [-0.25, -0.2) is 0 Å². The maximum atomic E-state index is 12.3. The molecular weight excluding hydrogens is 389 g/mol. The molecule has 3 aromatic rings. The Hall–Kier alpha value is -3.62. The van der Waals surface area contributed by atoms with E-state index < -0.39 is 24.5 Å². The minimum Gasteiger partial charge on any atom is -0.451 e. The van der Waals surface area contributed by atoms with Crippen molar-refractivity contribution in [2.45, 2.75) is 12.6 Å². The second-order valence-corrected chi connectivity index (χ2v) is 6.19. The molecule has 0 saturated carbocycles. The molecule has 3 rings (SSSR count). The molecule has 0 saturated heterocycles. The predicted molar refractivity (Wildman–Crippen MR) is 99.6 cm³/mol. The first-order valence-corrected chi connectivity index (χ1v) is 8.48. The molecule has 0 atom stereocenters. The summed E-state index contributed by atoms with van der Waals surface area (Å²) in [5.41, 5.74) is 0.771. The lowest BCUT2D eigenvalue weighted by atomic mass is 10.1. The van der Waals surface area contributed by atoms with Crippen molar-refractivity contribution >= 4 is 28.5 Å². The summed E-state index contributed by atoms with van der Waals surface area (Å²) in [4.78, 5) is 35.9. The fourth-order valence-corrected chi connectivity index (χ4v) is 2.56. The van der Waals surface area contributed by atoms with Crippen LogP contribution in [0.25, 0.3) is 11.0 Å². The molecule has 0 aliphatic carbocycles. The Kier molecular flexibility index (Phi) is 5.67. The van der Waals surface area contributed by atoms with Gasteiger partial charge in [0, 0.05) is 11.8 Å². The summed E-state index contributed by atoms with van der Waals surface area (Å²) in [6.45, 7) is -1.39. The molecule has 2 N–H and O–H groups in total. The maximum Gasteiger partial charge on any atom is 0.405 e. The van der Waals surface area contributed by atoms with Gasteiger partial charge >= 0.3 is 6.18 Å². The maximum absolute atomic E-state index is 12.3. The van der Waals surface area contributed by atoms with Gasteiger partial charge in [-0.2, -0.15) is 13.2 Å². The van der Waals surface area contributed by atoms with E-state index in [4.69, 9.17) is 4.42 Å². The number of alkyl halides is 3. The van der Waals surface area contributed by atoms with Gasteiger partial charge in [-0.3, -0.25) is 14.4 Å². The van der Waals surface area contributed by atoms with Crippen LogP contribution in [0.15, 0.2) is 63.8 Å². The van der Waals surface area contributed by atoms with Crippen molar-refractivity contribution in [2.75, 3.05) is 11.9 Å². The molecule has 0 aliphatic rings. The van der Waals surface area contributed by atoms with Crippen LogP contribution in [-0.4, -0.2) is 24.5 Å². The van der Waals surface area contributed by atoms with E-state index in [1.54, 1.807) is 29.6 Å². The van der Waals surface area contributed by atoms with Crippen LogP contribution in [0.5, 0.6) is 0 Å². The molecule has 0 spiro atoms. The first-order valence-electron chi connectivity index (χ1n) is 8.48. The number of carbonyl (C=O) groups is 2. The van der Waals surface area contributed by atoms with Crippen molar-refractivity contribution in [1.82, 2.24) is 5.32 Å². The minimum atomic E-state index is -4.47. The van der Waals surface area contributed by atoms with Crippen molar-refractivity contribution in [2.24, 2.45) is 0 Å². The van der Waals surface area contributed by atoms with Crippen molar-refractivity contribution in [3.63, 3.8) is 0 Å². The summed E-state index contributed by atoms with van der Waals surface area (Å²) < 4.78 is 41.7. The van der Waals surface area contributed by atoms with Gasteiger partial charge in [0.15, 0.2) is 11.2 Å². The SMILES string of the molecule is O=C(Cc1ccc(NC(=O)c2cc(=O)c3ccccc3o2)cc1)NCC(F)(F)F. The van der Waals surface area contributed by atoms with Crippen molar-refractivity contribution in [3.05, 3.63) is 76.1 Å². The molecule has 1 heterocycles. The summed E-state index contributed by atoms with van der Waals surface area (Å²) >= 11 is 0. The molecule has 0 radical (unpaired) electrons. The van der Waals surface area contributed by atoms with E-state index in [2.05, 4.69) is 5.32 Å². The number of fused-ring (bicyclic) bond motifs is 1. The molecule has 6 nitrogen and oxygen atoms in total. The van der Waals surface area contributed by atoms with E-state index in [1.807, 2.05) is 0 Å². The third kappa shape index (κ3) is 5.44. The standard InChI is InChI=1S/C20H15F3N2O4/c21-20(22,23)11-24-18(27)9-12-5-7-13(8-6-12)25-19(28)17-10-15(26)14-3-1-2-4-16(14)29-17/h1-8,10H,9,11H2,(H,24,27)(H,25,28). The Labute approximate surface area is 162 Å². The van der Waals surface area contributed by atoms with Crippen LogP contribution >= 0.6 is 0 Å². The van der Waals surface area contributed by atoms with Crippen molar-refractivity contribution in [1.29, 1.82) is 0 Å². The van der Waals surface area contributed by atoms with Crippen LogP contribution in [0.3, 0.4) is 0 Å². The summed E-state index contributed by atoms with van der Waals surface area (Å²) in [5, 5.41) is 4.70. The van der Waals surface area contributed by atoms with Gasteiger partial charge in [0.05, 0.1) is 11.8 Å². The van der Waals surface area contributed by atoms with Gasteiger partial charge in [0.25, 0.3) is 5.91 Å². The normalized spacial score (nSPS) is 11.3. The number of hydrogen-bond donors (Lipinski definition) is 2. The van der Waals surface area contributed by atoms with Crippen LogP contribution in [0.2, 0.25) is 0 Å². The second-order valence-electron chi connectivity index (χ2n) is 6.19. The number of hydrogen-bond acceptors (Lipinski definition) is 4. The van der Waals surface area contributed by atoms with E-state index in [-0.39, 0.29) is 23.2 Å². The molecule has 0 unspecified atom stereocenters. The molecule has 1 aromatic heterocycles. The summed E-state index contributed by atoms with van der Waals surface area (Å²) in [5.74, 6) is -1.56. The zero-order chi connectivity index (χ0) is 21.0. The quantitative estimate of drug-likeness (QED) is 0.683. The van der Waals surface area contributed by atoms with Gasteiger partial charge in [0.2, 0.25) is 5.91 Å². The monoisotopic (exact) mass is 404 g/mol. The highest BCUT2D eigenvalue weighted by Crippen LogP contribution is 2.15. The fourth-order valence-electron chi connectivity index (χ4n) is 2.56. The number of anilines is 1. The zero-order valence-corrected chi connectivity index (χ0v) is 14.9. The zero-order valence-electron chi connectivity index (χ0n) is 14.9. The number of nitrogens with one attached hydrogen (secondary N) is 2. The first-order chi connectivity index (χ1) is 13.7. The lowest BCUT2D eigenvalue weighted by Gasteiger charge is -2.09. The smallest absolute Gasteiger partial charge is 0.405 e. The fraction of sp³-hybridized carbons (Fsp3) is 0.150. The lowest BCUT2D eigenvalue weighted by molar-refractivity contribution is -0.138.